The van der Waals surface area contributed by atoms with E-state index >= 15 is 0 Å². The minimum atomic E-state index is -3.39. The number of nitrogens with one attached hydrogen (secondary N) is 2. The lowest BCUT2D eigenvalue weighted by Gasteiger charge is -2.16. The van der Waals surface area contributed by atoms with E-state index in [1.54, 1.807) is 12.1 Å². The van der Waals surface area contributed by atoms with Gasteiger partial charge in [-0.15, -0.1) is 0 Å². The molecular weight excluding hydrogens is 284 g/mol. The third-order valence-electron chi connectivity index (χ3n) is 3.96. The highest BCUT2D eigenvalue weighted by Crippen LogP contribution is 2.49. The Morgan fingerprint density at radius 3 is 2.29 bits per heavy atom. The van der Waals surface area contributed by atoms with Crippen LogP contribution in [-0.2, 0) is 10.0 Å². The molecule has 1 aliphatic rings. The quantitative estimate of drug-likeness (QED) is 0.774. The van der Waals surface area contributed by atoms with E-state index < -0.39 is 10.0 Å². The van der Waals surface area contributed by atoms with E-state index in [9.17, 15) is 8.42 Å². The smallest absolute Gasteiger partial charge is 0.240 e. The Hall–Kier alpha value is -1.07. The molecule has 1 aromatic carbocycles. The second kappa shape index (κ2) is 6.36. The summed E-state index contributed by atoms with van der Waals surface area (Å²) in [5.41, 5.74) is 1.47. The largest absolute Gasteiger partial charge is 0.384 e. The lowest BCUT2D eigenvalue weighted by Crippen LogP contribution is -2.30. The van der Waals surface area contributed by atoms with Crippen LogP contribution in [0.4, 0.5) is 5.69 Å². The van der Waals surface area contributed by atoms with Crippen molar-refractivity contribution in [2.45, 2.75) is 57.4 Å². The standard InChI is InChI=1S/C16H26N2O2S/c1-4-9-16(10-11-16)12-17-14-5-7-15(8-6-14)21(19,20)18-13(2)3/h5-8,13,17-18H,4,9-12H2,1-3H3. The molecule has 1 fully saturated rings. The molecule has 0 radical (unpaired) electrons. The Morgan fingerprint density at radius 2 is 1.81 bits per heavy atom. The fraction of sp³-hybridized carbons (Fsp3) is 0.625. The van der Waals surface area contributed by atoms with Gasteiger partial charge in [0.1, 0.15) is 0 Å². The molecule has 2 N–H and O–H groups in total. The van der Waals surface area contributed by atoms with Gasteiger partial charge in [0, 0.05) is 18.3 Å². The molecule has 0 saturated heterocycles. The van der Waals surface area contributed by atoms with Crippen LogP contribution in [0.1, 0.15) is 46.5 Å². The van der Waals surface area contributed by atoms with E-state index in [-0.39, 0.29) is 6.04 Å². The molecule has 0 unspecified atom stereocenters. The van der Waals surface area contributed by atoms with Gasteiger partial charge in [-0.1, -0.05) is 13.3 Å². The van der Waals surface area contributed by atoms with Crippen LogP contribution >= 0.6 is 0 Å². The molecule has 2 rings (SSSR count). The zero-order valence-corrected chi connectivity index (χ0v) is 14.0. The summed E-state index contributed by atoms with van der Waals surface area (Å²) in [6.07, 6.45) is 5.10. The summed E-state index contributed by atoms with van der Waals surface area (Å²) in [5, 5.41) is 3.44. The fourth-order valence-corrected chi connectivity index (χ4v) is 3.89. The average Bonchev–Trinajstić information content (AvgIpc) is 3.16. The van der Waals surface area contributed by atoms with Gasteiger partial charge in [-0.2, -0.15) is 0 Å². The summed E-state index contributed by atoms with van der Waals surface area (Å²) in [5.74, 6) is 0. The zero-order valence-electron chi connectivity index (χ0n) is 13.1. The molecule has 1 aliphatic carbocycles. The fourth-order valence-electron chi connectivity index (χ4n) is 2.64. The Bertz CT molecular complexity index is 560. The maximum absolute atomic E-state index is 12.0. The monoisotopic (exact) mass is 310 g/mol. The normalized spacial score (nSPS) is 17.0. The van der Waals surface area contributed by atoms with Gasteiger partial charge >= 0.3 is 0 Å². The van der Waals surface area contributed by atoms with E-state index in [4.69, 9.17) is 0 Å². The summed E-state index contributed by atoms with van der Waals surface area (Å²) in [6.45, 7) is 6.84. The Kier molecular flexibility index (Phi) is 4.94. The van der Waals surface area contributed by atoms with E-state index in [1.165, 1.54) is 25.7 Å². The number of anilines is 1. The third-order valence-corrected chi connectivity index (χ3v) is 5.63. The molecule has 21 heavy (non-hydrogen) atoms. The van der Waals surface area contributed by atoms with Crippen molar-refractivity contribution < 1.29 is 8.42 Å². The van der Waals surface area contributed by atoms with Gasteiger partial charge in [-0.3, -0.25) is 0 Å². The minimum Gasteiger partial charge on any atom is -0.384 e. The van der Waals surface area contributed by atoms with Gasteiger partial charge in [0.15, 0.2) is 0 Å². The molecule has 0 spiro atoms. The minimum absolute atomic E-state index is 0.100. The number of hydrogen-bond donors (Lipinski definition) is 2. The first-order chi connectivity index (χ1) is 9.87. The SMILES string of the molecule is CCCC1(CNc2ccc(S(=O)(=O)NC(C)C)cc2)CC1. The van der Waals surface area contributed by atoms with Crippen LogP contribution in [0, 0.1) is 5.41 Å². The van der Waals surface area contributed by atoms with Crippen LogP contribution in [-0.4, -0.2) is 21.0 Å². The summed E-state index contributed by atoms with van der Waals surface area (Å²) in [6, 6.07) is 6.91. The lowest BCUT2D eigenvalue weighted by molar-refractivity contribution is 0.485. The summed E-state index contributed by atoms with van der Waals surface area (Å²) < 4.78 is 26.7. The Labute approximate surface area is 128 Å². The molecule has 0 aromatic heterocycles. The molecule has 0 amide bonds. The van der Waals surface area contributed by atoms with Crippen LogP contribution in [0.5, 0.6) is 0 Å². The summed E-state index contributed by atoms with van der Waals surface area (Å²) in [7, 11) is -3.39. The van der Waals surface area contributed by atoms with Crippen molar-refractivity contribution in [1.82, 2.24) is 4.72 Å². The van der Waals surface area contributed by atoms with Crippen LogP contribution in [0.15, 0.2) is 29.2 Å². The third kappa shape index (κ3) is 4.45. The first-order valence-electron chi connectivity index (χ1n) is 7.73. The van der Waals surface area contributed by atoms with E-state index in [0.29, 0.717) is 10.3 Å². The van der Waals surface area contributed by atoms with Gasteiger partial charge in [0.2, 0.25) is 10.0 Å². The van der Waals surface area contributed by atoms with Crippen molar-refractivity contribution in [2.75, 3.05) is 11.9 Å². The first-order valence-corrected chi connectivity index (χ1v) is 9.21. The summed E-state index contributed by atoms with van der Waals surface area (Å²) in [4.78, 5) is 0.316. The predicted octanol–water partition coefficient (Wildman–Crippen LogP) is 3.37. The second-order valence-electron chi connectivity index (χ2n) is 6.40. The average molecular weight is 310 g/mol. The molecule has 0 bridgehead atoms. The molecule has 5 heteroatoms. The maximum atomic E-state index is 12.0. The topological polar surface area (TPSA) is 58.2 Å². The molecule has 118 valence electrons. The predicted molar refractivity (Wildman–Crippen MR) is 87.0 cm³/mol. The van der Waals surface area contributed by atoms with Crippen molar-refractivity contribution >= 4 is 15.7 Å². The number of hydrogen-bond acceptors (Lipinski definition) is 3. The van der Waals surface area contributed by atoms with Crippen LogP contribution in [0.2, 0.25) is 0 Å². The number of rotatable bonds is 8. The van der Waals surface area contributed by atoms with Crippen molar-refractivity contribution in [3.63, 3.8) is 0 Å². The zero-order chi connectivity index (χ0) is 15.5. The molecule has 4 nitrogen and oxygen atoms in total. The Balaban J connectivity index is 1.96. The molecular formula is C16H26N2O2S. The van der Waals surface area contributed by atoms with Crippen LogP contribution in [0.3, 0.4) is 0 Å². The molecule has 0 atom stereocenters. The number of benzene rings is 1. The Morgan fingerprint density at radius 1 is 1.19 bits per heavy atom. The van der Waals surface area contributed by atoms with Crippen LogP contribution < -0.4 is 10.0 Å². The van der Waals surface area contributed by atoms with E-state index in [2.05, 4.69) is 17.0 Å². The molecule has 1 aromatic rings. The molecule has 0 heterocycles. The number of sulfonamides is 1. The molecule has 1 saturated carbocycles. The highest BCUT2D eigenvalue weighted by molar-refractivity contribution is 7.89. The van der Waals surface area contributed by atoms with Gasteiger partial charge in [0.25, 0.3) is 0 Å². The van der Waals surface area contributed by atoms with Gasteiger partial charge in [0.05, 0.1) is 4.90 Å². The lowest BCUT2D eigenvalue weighted by atomic mass is 10.0. The van der Waals surface area contributed by atoms with Gasteiger partial charge in [-0.05, 0) is 62.8 Å². The second-order valence-corrected chi connectivity index (χ2v) is 8.12. The maximum Gasteiger partial charge on any atom is 0.240 e. The van der Waals surface area contributed by atoms with Crippen molar-refractivity contribution in [3.8, 4) is 0 Å². The van der Waals surface area contributed by atoms with E-state index in [0.717, 1.165) is 12.2 Å². The van der Waals surface area contributed by atoms with Gasteiger partial charge < -0.3 is 5.32 Å². The van der Waals surface area contributed by atoms with Crippen molar-refractivity contribution in [3.05, 3.63) is 24.3 Å². The van der Waals surface area contributed by atoms with Crippen LogP contribution in [0.25, 0.3) is 0 Å². The van der Waals surface area contributed by atoms with Crippen molar-refractivity contribution in [1.29, 1.82) is 0 Å². The highest BCUT2D eigenvalue weighted by Gasteiger charge is 2.40. The van der Waals surface area contributed by atoms with Gasteiger partial charge in [-0.25, -0.2) is 13.1 Å². The molecule has 0 aliphatic heterocycles. The summed E-state index contributed by atoms with van der Waals surface area (Å²) >= 11 is 0. The van der Waals surface area contributed by atoms with Crippen molar-refractivity contribution in [2.24, 2.45) is 5.41 Å². The highest BCUT2D eigenvalue weighted by atomic mass is 32.2. The van der Waals surface area contributed by atoms with E-state index in [1.807, 2.05) is 26.0 Å². The first kappa shape index (κ1) is 16.3.